The molecule has 1 aromatic heterocycles. The van der Waals surface area contributed by atoms with E-state index in [1.54, 1.807) is 0 Å². The molecule has 132 valence electrons. The summed E-state index contributed by atoms with van der Waals surface area (Å²) in [5, 5.41) is 2.20. The summed E-state index contributed by atoms with van der Waals surface area (Å²) >= 11 is 0. The van der Waals surface area contributed by atoms with E-state index in [9.17, 15) is 4.57 Å². The Hall–Kier alpha value is -2.46. The number of oxazole rings is 1. The molecule has 0 saturated heterocycles. The van der Waals surface area contributed by atoms with Gasteiger partial charge in [-0.15, -0.1) is 0 Å². The first-order chi connectivity index (χ1) is 12.6. The molecule has 0 N–H and O–H groups in total. The summed E-state index contributed by atoms with van der Waals surface area (Å²) in [4.78, 5) is 4.68. The van der Waals surface area contributed by atoms with Gasteiger partial charge in [-0.3, -0.25) is 4.57 Å². The number of fused-ring (bicyclic) bond motifs is 3. The van der Waals surface area contributed by atoms with Gasteiger partial charge in [-0.2, -0.15) is 0 Å². The first-order valence-corrected chi connectivity index (χ1v) is 9.93. The van der Waals surface area contributed by atoms with E-state index >= 15 is 0 Å². The lowest BCUT2D eigenvalue weighted by Crippen LogP contribution is -1.93. The van der Waals surface area contributed by atoms with E-state index in [-0.39, 0.29) is 6.16 Å². The zero-order chi connectivity index (χ0) is 18.1. The molecule has 26 heavy (non-hydrogen) atoms. The summed E-state index contributed by atoms with van der Waals surface area (Å²) in [5.74, 6) is 0.560. The summed E-state index contributed by atoms with van der Waals surface area (Å²) in [6.45, 7) is 0. The molecule has 6 heteroatoms. The second-order valence-corrected chi connectivity index (χ2v) is 8.25. The SMILES string of the molecule is COP(=O)(Cc1ccc(-c2nc3c(ccc4ccccc43)o2)cc1)OC. The van der Waals surface area contributed by atoms with E-state index < -0.39 is 7.60 Å². The zero-order valence-corrected chi connectivity index (χ0v) is 15.4. The number of rotatable bonds is 5. The fraction of sp³-hybridized carbons (Fsp3) is 0.150. The average molecular weight is 367 g/mol. The molecule has 0 bridgehead atoms. The minimum Gasteiger partial charge on any atom is -0.436 e. The molecule has 0 atom stereocenters. The molecule has 4 rings (SSSR count). The predicted molar refractivity (Wildman–Crippen MR) is 102 cm³/mol. The van der Waals surface area contributed by atoms with Crippen molar-refractivity contribution in [3.63, 3.8) is 0 Å². The van der Waals surface area contributed by atoms with E-state index in [1.165, 1.54) is 14.2 Å². The van der Waals surface area contributed by atoms with Crippen LogP contribution in [0.2, 0.25) is 0 Å². The molecule has 0 fully saturated rings. The van der Waals surface area contributed by atoms with E-state index in [0.29, 0.717) is 5.89 Å². The van der Waals surface area contributed by atoms with Crippen molar-refractivity contribution in [2.45, 2.75) is 6.16 Å². The third kappa shape index (κ3) is 3.06. The number of hydrogen-bond acceptors (Lipinski definition) is 5. The van der Waals surface area contributed by atoms with Gasteiger partial charge in [0, 0.05) is 25.2 Å². The Labute approximate surface area is 151 Å². The molecule has 0 amide bonds. The topological polar surface area (TPSA) is 61.6 Å². The fourth-order valence-electron chi connectivity index (χ4n) is 2.96. The average Bonchev–Trinajstić information content (AvgIpc) is 3.13. The third-order valence-corrected chi connectivity index (χ3v) is 6.28. The highest BCUT2D eigenvalue weighted by Crippen LogP contribution is 2.49. The van der Waals surface area contributed by atoms with Crippen molar-refractivity contribution in [2.75, 3.05) is 14.2 Å². The molecule has 0 radical (unpaired) electrons. The lowest BCUT2D eigenvalue weighted by molar-refractivity contribution is 0.275. The van der Waals surface area contributed by atoms with Crippen LogP contribution in [0.3, 0.4) is 0 Å². The van der Waals surface area contributed by atoms with Crippen LogP contribution in [-0.4, -0.2) is 19.2 Å². The number of hydrogen-bond donors (Lipinski definition) is 0. The van der Waals surface area contributed by atoms with Crippen LogP contribution in [0.5, 0.6) is 0 Å². The molecule has 0 saturated carbocycles. The molecule has 0 spiro atoms. The van der Waals surface area contributed by atoms with Gasteiger partial charge >= 0.3 is 7.60 Å². The summed E-state index contributed by atoms with van der Waals surface area (Å²) in [5.41, 5.74) is 3.33. The molecule has 0 aliphatic carbocycles. The van der Waals surface area contributed by atoms with E-state index in [1.807, 2.05) is 54.6 Å². The van der Waals surface area contributed by atoms with Crippen LogP contribution < -0.4 is 0 Å². The quantitative estimate of drug-likeness (QED) is 0.428. The van der Waals surface area contributed by atoms with Gasteiger partial charge in [0.1, 0.15) is 5.52 Å². The largest absolute Gasteiger partial charge is 0.436 e. The van der Waals surface area contributed by atoms with Crippen LogP contribution >= 0.6 is 7.60 Å². The summed E-state index contributed by atoms with van der Waals surface area (Å²) in [6.07, 6.45) is 0.221. The van der Waals surface area contributed by atoms with Crippen LogP contribution in [-0.2, 0) is 19.8 Å². The van der Waals surface area contributed by atoms with Crippen LogP contribution in [0.4, 0.5) is 0 Å². The molecule has 0 aliphatic heterocycles. The maximum Gasteiger partial charge on any atom is 0.334 e. The van der Waals surface area contributed by atoms with Gasteiger partial charge in [-0.1, -0.05) is 42.5 Å². The minimum atomic E-state index is -3.08. The lowest BCUT2D eigenvalue weighted by Gasteiger charge is -2.13. The van der Waals surface area contributed by atoms with Gasteiger partial charge in [0.2, 0.25) is 5.89 Å². The molecular weight excluding hydrogens is 349 g/mol. The van der Waals surface area contributed by atoms with Crippen molar-refractivity contribution in [1.82, 2.24) is 4.98 Å². The highest BCUT2D eigenvalue weighted by molar-refractivity contribution is 7.52. The van der Waals surface area contributed by atoms with Gasteiger partial charge in [0.25, 0.3) is 0 Å². The zero-order valence-electron chi connectivity index (χ0n) is 14.5. The van der Waals surface area contributed by atoms with Crippen molar-refractivity contribution in [3.05, 3.63) is 66.2 Å². The van der Waals surface area contributed by atoms with Crippen molar-refractivity contribution >= 4 is 29.5 Å². The molecule has 5 nitrogen and oxygen atoms in total. The van der Waals surface area contributed by atoms with E-state index in [0.717, 1.165) is 33.0 Å². The molecule has 3 aromatic carbocycles. The Bertz CT molecular complexity index is 1110. The fourth-order valence-corrected chi connectivity index (χ4v) is 4.03. The molecule has 0 unspecified atom stereocenters. The Morgan fingerprint density at radius 3 is 2.42 bits per heavy atom. The maximum atomic E-state index is 12.2. The first kappa shape index (κ1) is 17.0. The van der Waals surface area contributed by atoms with Crippen molar-refractivity contribution in [1.29, 1.82) is 0 Å². The van der Waals surface area contributed by atoms with E-state index in [2.05, 4.69) is 11.1 Å². The summed E-state index contributed by atoms with van der Waals surface area (Å²) in [6, 6.07) is 19.6. The number of benzene rings is 3. The van der Waals surface area contributed by atoms with Crippen LogP contribution in [0, 0.1) is 0 Å². The molecule has 0 aliphatic rings. The van der Waals surface area contributed by atoms with Crippen LogP contribution in [0.15, 0.2) is 65.1 Å². The van der Waals surface area contributed by atoms with Gasteiger partial charge in [0.15, 0.2) is 5.58 Å². The van der Waals surface area contributed by atoms with Crippen molar-refractivity contribution < 1.29 is 18.0 Å². The Kier molecular flexibility index (Phi) is 4.37. The molecule has 4 aromatic rings. The van der Waals surface area contributed by atoms with Gasteiger partial charge in [-0.05, 0) is 29.1 Å². The summed E-state index contributed by atoms with van der Waals surface area (Å²) in [7, 11) is -0.300. The minimum absolute atomic E-state index is 0.221. The highest BCUT2D eigenvalue weighted by Gasteiger charge is 2.21. The van der Waals surface area contributed by atoms with Crippen molar-refractivity contribution in [3.8, 4) is 11.5 Å². The van der Waals surface area contributed by atoms with E-state index in [4.69, 9.17) is 13.5 Å². The Morgan fingerprint density at radius 1 is 0.962 bits per heavy atom. The van der Waals surface area contributed by atoms with Gasteiger partial charge < -0.3 is 13.5 Å². The normalized spacial score (nSPS) is 12.1. The lowest BCUT2D eigenvalue weighted by atomic mass is 10.1. The number of nitrogens with zero attached hydrogens (tertiary/aromatic N) is 1. The Morgan fingerprint density at radius 2 is 1.69 bits per heavy atom. The van der Waals surface area contributed by atoms with Crippen LogP contribution in [0.25, 0.3) is 33.3 Å². The second-order valence-electron chi connectivity index (χ2n) is 5.98. The smallest absolute Gasteiger partial charge is 0.334 e. The Balaban J connectivity index is 1.69. The van der Waals surface area contributed by atoms with Crippen LogP contribution in [0.1, 0.15) is 5.56 Å². The maximum absolute atomic E-state index is 12.2. The van der Waals surface area contributed by atoms with Crippen molar-refractivity contribution in [2.24, 2.45) is 0 Å². The summed E-state index contributed by atoms with van der Waals surface area (Å²) < 4.78 is 28.1. The standard InChI is InChI=1S/C20H18NO4P/c1-23-26(22,24-2)13-14-7-9-16(10-8-14)20-21-19-17-6-4-3-5-15(17)11-12-18(19)25-20/h3-12H,13H2,1-2H3. The van der Waals surface area contributed by atoms with Gasteiger partial charge in [0.05, 0.1) is 6.16 Å². The first-order valence-electron chi connectivity index (χ1n) is 8.20. The highest BCUT2D eigenvalue weighted by atomic mass is 31.2. The van der Waals surface area contributed by atoms with Gasteiger partial charge in [-0.25, -0.2) is 4.98 Å². The monoisotopic (exact) mass is 367 g/mol. The second kappa shape index (κ2) is 6.69. The third-order valence-electron chi connectivity index (χ3n) is 4.42. The predicted octanol–water partition coefficient (Wildman–Crippen LogP) is 5.63. The molecular formula is C20H18NO4P. The molecule has 1 heterocycles. The number of aromatic nitrogens is 1.